The number of nitro groups is 1. The number of amides is 1. The van der Waals surface area contributed by atoms with Gasteiger partial charge in [-0.2, -0.15) is 0 Å². The van der Waals surface area contributed by atoms with Crippen molar-refractivity contribution in [2.45, 2.75) is 6.42 Å². The fourth-order valence-electron chi connectivity index (χ4n) is 2.48. The van der Waals surface area contributed by atoms with Crippen LogP contribution in [0.25, 0.3) is 5.57 Å². The Morgan fingerprint density at radius 2 is 1.96 bits per heavy atom. The summed E-state index contributed by atoms with van der Waals surface area (Å²) in [6.45, 7) is 0.965. The second kappa shape index (κ2) is 6.26. The lowest BCUT2D eigenvalue weighted by molar-refractivity contribution is -0.402. The minimum absolute atomic E-state index is 0.0138. The second-order valence-electron chi connectivity index (χ2n) is 5.13. The second-order valence-corrected chi connectivity index (χ2v) is 5.57. The van der Waals surface area contributed by atoms with Crippen molar-refractivity contribution < 1.29 is 14.1 Å². The molecule has 0 unspecified atom stereocenters. The molecule has 118 valence electrons. The van der Waals surface area contributed by atoms with Crippen LogP contribution in [-0.2, 0) is 0 Å². The standard InChI is InChI=1S/C16H13ClN2O4/c17-13-3-1-11(2-4-13)12-7-9-18(10-8-12)16(20)14-5-6-15(23-14)19(21)22/h1-7H,8-10H2. The molecule has 1 amide bonds. The van der Waals surface area contributed by atoms with Crippen LogP contribution in [-0.4, -0.2) is 28.8 Å². The number of carbonyl (C=O) groups excluding carboxylic acids is 1. The van der Waals surface area contributed by atoms with Gasteiger partial charge in [0.15, 0.2) is 5.76 Å². The minimum Gasteiger partial charge on any atom is -0.395 e. The molecular formula is C16H13ClN2O4. The van der Waals surface area contributed by atoms with Crippen LogP contribution in [0.4, 0.5) is 5.88 Å². The molecule has 23 heavy (non-hydrogen) atoms. The van der Waals surface area contributed by atoms with Gasteiger partial charge in [0, 0.05) is 18.1 Å². The van der Waals surface area contributed by atoms with Crippen molar-refractivity contribution in [1.29, 1.82) is 0 Å². The highest BCUT2D eigenvalue weighted by Gasteiger charge is 2.24. The number of hydrogen-bond donors (Lipinski definition) is 0. The van der Waals surface area contributed by atoms with E-state index in [9.17, 15) is 14.9 Å². The van der Waals surface area contributed by atoms with Gasteiger partial charge in [0.1, 0.15) is 4.92 Å². The normalized spacial score (nSPS) is 14.5. The van der Waals surface area contributed by atoms with E-state index in [1.54, 1.807) is 4.90 Å². The van der Waals surface area contributed by atoms with Gasteiger partial charge in [0.2, 0.25) is 0 Å². The molecule has 0 N–H and O–H groups in total. The molecule has 1 aliphatic heterocycles. The number of carbonyl (C=O) groups is 1. The molecule has 0 atom stereocenters. The Labute approximate surface area is 137 Å². The third-order valence-electron chi connectivity index (χ3n) is 3.69. The third-order valence-corrected chi connectivity index (χ3v) is 3.95. The molecule has 1 aromatic heterocycles. The fraction of sp³-hybridized carbons (Fsp3) is 0.188. The summed E-state index contributed by atoms with van der Waals surface area (Å²) in [6, 6.07) is 10.1. The van der Waals surface area contributed by atoms with Gasteiger partial charge in [-0.1, -0.05) is 29.8 Å². The van der Waals surface area contributed by atoms with E-state index in [2.05, 4.69) is 0 Å². The molecule has 1 aromatic carbocycles. The lowest BCUT2D eigenvalue weighted by Crippen LogP contribution is -2.34. The molecule has 1 aliphatic rings. The predicted octanol–water partition coefficient (Wildman–Crippen LogP) is 3.77. The Morgan fingerprint density at radius 3 is 2.52 bits per heavy atom. The summed E-state index contributed by atoms with van der Waals surface area (Å²) in [5.74, 6) is -0.785. The minimum atomic E-state index is -0.661. The Morgan fingerprint density at radius 1 is 1.22 bits per heavy atom. The zero-order valence-electron chi connectivity index (χ0n) is 12.1. The first-order valence-electron chi connectivity index (χ1n) is 7.03. The van der Waals surface area contributed by atoms with E-state index in [1.165, 1.54) is 12.1 Å². The molecule has 2 heterocycles. The Bertz CT molecular complexity index is 780. The highest BCUT2D eigenvalue weighted by atomic mass is 35.5. The van der Waals surface area contributed by atoms with Gasteiger partial charge in [-0.3, -0.25) is 14.9 Å². The molecule has 0 bridgehead atoms. The average Bonchev–Trinajstić information content (AvgIpc) is 3.05. The molecule has 7 heteroatoms. The molecule has 0 saturated carbocycles. The van der Waals surface area contributed by atoms with Crippen molar-refractivity contribution in [1.82, 2.24) is 4.90 Å². The number of benzene rings is 1. The van der Waals surface area contributed by atoms with Crippen molar-refractivity contribution in [3.05, 3.63) is 68.9 Å². The fourth-order valence-corrected chi connectivity index (χ4v) is 2.60. The summed E-state index contributed by atoms with van der Waals surface area (Å²) in [7, 11) is 0. The van der Waals surface area contributed by atoms with Crippen molar-refractivity contribution in [2.24, 2.45) is 0 Å². The van der Waals surface area contributed by atoms with Crippen molar-refractivity contribution in [3.8, 4) is 0 Å². The van der Waals surface area contributed by atoms with Crippen molar-refractivity contribution >= 4 is 29.0 Å². The zero-order valence-corrected chi connectivity index (χ0v) is 12.8. The first-order valence-corrected chi connectivity index (χ1v) is 7.41. The van der Waals surface area contributed by atoms with E-state index in [-0.39, 0.29) is 11.7 Å². The largest absolute Gasteiger partial charge is 0.433 e. The van der Waals surface area contributed by atoms with Gasteiger partial charge >= 0.3 is 5.88 Å². The summed E-state index contributed by atoms with van der Waals surface area (Å²) in [5, 5.41) is 11.3. The molecule has 2 aromatic rings. The van der Waals surface area contributed by atoms with Gasteiger partial charge in [0.05, 0.1) is 6.07 Å². The van der Waals surface area contributed by atoms with E-state index in [4.69, 9.17) is 16.0 Å². The van der Waals surface area contributed by atoms with Crippen LogP contribution < -0.4 is 0 Å². The van der Waals surface area contributed by atoms with Crippen LogP contribution in [0.2, 0.25) is 5.02 Å². The number of halogens is 1. The van der Waals surface area contributed by atoms with Gasteiger partial charge in [-0.15, -0.1) is 0 Å². The topological polar surface area (TPSA) is 76.6 Å². The zero-order chi connectivity index (χ0) is 16.4. The SMILES string of the molecule is O=C(c1ccc([N+](=O)[O-])o1)N1CC=C(c2ccc(Cl)cc2)CC1. The van der Waals surface area contributed by atoms with Crippen LogP contribution >= 0.6 is 11.6 Å². The maximum atomic E-state index is 12.3. The number of rotatable bonds is 3. The third kappa shape index (κ3) is 3.27. The van der Waals surface area contributed by atoms with Crippen LogP contribution in [0.3, 0.4) is 0 Å². The molecule has 0 fully saturated rings. The number of furan rings is 1. The molecule has 0 aliphatic carbocycles. The number of nitrogens with zero attached hydrogens (tertiary/aromatic N) is 2. The molecule has 3 rings (SSSR count). The highest BCUT2D eigenvalue weighted by molar-refractivity contribution is 6.30. The lowest BCUT2D eigenvalue weighted by atomic mass is 9.99. The van der Waals surface area contributed by atoms with Crippen LogP contribution in [0.15, 0.2) is 46.9 Å². The van der Waals surface area contributed by atoms with Gasteiger partial charge in [-0.25, -0.2) is 0 Å². The summed E-state index contributed by atoms with van der Waals surface area (Å²) in [6.07, 6.45) is 2.68. The van der Waals surface area contributed by atoms with Gasteiger partial charge in [-0.05, 0) is 35.8 Å². The van der Waals surface area contributed by atoms with Crippen LogP contribution in [0.1, 0.15) is 22.5 Å². The predicted molar refractivity (Wildman–Crippen MR) is 85.3 cm³/mol. The summed E-state index contributed by atoms with van der Waals surface area (Å²) >= 11 is 5.88. The quantitative estimate of drug-likeness (QED) is 0.633. The molecule has 0 spiro atoms. The van der Waals surface area contributed by atoms with E-state index in [0.717, 1.165) is 11.1 Å². The van der Waals surface area contributed by atoms with Crippen molar-refractivity contribution in [2.75, 3.05) is 13.1 Å². The maximum absolute atomic E-state index is 12.3. The maximum Gasteiger partial charge on any atom is 0.433 e. The Hall–Kier alpha value is -2.60. The van der Waals surface area contributed by atoms with E-state index < -0.39 is 10.8 Å². The molecular weight excluding hydrogens is 320 g/mol. The summed E-state index contributed by atoms with van der Waals surface area (Å²) in [4.78, 5) is 23.8. The Balaban J connectivity index is 1.71. The molecule has 0 radical (unpaired) electrons. The van der Waals surface area contributed by atoms with E-state index >= 15 is 0 Å². The molecule has 0 saturated heterocycles. The van der Waals surface area contributed by atoms with Crippen LogP contribution in [0, 0.1) is 10.1 Å². The first-order chi connectivity index (χ1) is 11.0. The van der Waals surface area contributed by atoms with Crippen molar-refractivity contribution in [3.63, 3.8) is 0 Å². The smallest absolute Gasteiger partial charge is 0.395 e. The lowest BCUT2D eigenvalue weighted by Gasteiger charge is -2.25. The summed E-state index contributed by atoms with van der Waals surface area (Å²) < 4.78 is 4.96. The van der Waals surface area contributed by atoms with Crippen LogP contribution in [0.5, 0.6) is 0 Å². The van der Waals surface area contributed by atoms with Gasteiger partial charge < -0.3 is 9.32 Å². The van der Waals surface area contributed by atoms with E-state index in [0.29, 0.717) is 24.5 Å². The van der Waals surface area contributed by atoms with Gasteiger partial charge in [0.25, 0.3) is 5.91 Å². The first kappa shape index (κ1) is 15.3. The monoisotopic (exact) mass is 332 g/mol. The average molecular weight is 333 g/mol. The Kier molecular flexibility index (Phi) is 4.16. The summed E-state index contributed by atoms with van der Waals surface area (Å²) in [5.41, 5.74) is 2.23. The highest BCUT2D eigenvalue weighted by Crippen LogP contribution is 2.25. The molecule has 6 nitrogen and oxygen atoms in total. The van der Waals surface area contributed by atoms with E-state index in [1.807, 2.05) is 30.3 Å². The number of hydrogen-bond acceptors (Lipinski definition) is 4.